The van der Waals surface area contributed by atoms with Crippen LogP contribution in [0.3, 0.4) is 0 Å². The number of halogens is 7. The maximum atomic E-state index is 14.2. The molecule has 0 aromatic heterocycles. The Morgan fingerprint density at radius 2 is 1.54 bits per heavy atom. The summed E-state index contributed by atoms with van der Waals surface area (Å²) < 4.78 is 68.9. The van der Waals surface area contributed by atoms with Gasteiger partial charge in [-0.2, -0.15) is 13.2 Å². The van der Waals surface area contributed by atoms with Gasteiger partial charge in [0.25, 0.3) is 0 Å². The van der Waals surface area contributed by atoms with Crippen LogP contribution >= 0.6 is 23.2 Å². The fourth-order valence-electron chi connectivity index (χ4n) is 5.91. The Morgan fingerprint density at radius 1 is 0.865 bits per heavy atom. The average molecular weight is 576 g/mol. The molecule has 1 saturated heterocycles. The number of carbonyl (C=O) groups is 1. The van der Waals surface area contributed by atoms with Gasteiger partial charge < -0.3 is 5.32 Å². The Kier molecular flexibility index (Phi) is 9.83. The van der Waals surface area contributed by atoms with Crippen LogP contribution in [0.1, 0.15) is 77.0 Å². The molecule has 4 aliphatic rings. The number of carbonyl (C=O) groups excluding carboxylic acids is 1. The summed E-state index contributed by atoms with van der Waals surface area (Å²) in [5.74, 6) is -0.545. The number of guanidine groups is 1. The zero-order chi connectivity index (χ0) is 26.7. The molecule has 3 aliphatic carbocycles. The summed E-state index contributed by atoms with van der Waals surface area (Å²) in [6.45, 7) is 0. The summed E-state index contributed by atoms with van der Waals surface area (Å²) in [4.78, 5) is 17.6. The minimum absolute atomic E-state index is 0.0246. The summed E-state index contributed by atoms with van der Waals surface area (Å²) in [7, 11) is 0. The number of hydrogen-bond donors (Lipinski definition) is 3. The van der Waals surface area contributed by atoms with E-state index in [1.54, 1.807) is 0 Å². The largest absolute Gasteiger partial charge is 0.405 e. The van der Waals surface area contributed by atoms with Gasteiger partial charge in [-0.3, -0.25) is 10.1 Å². The number of nitrogens with zero attached hydrogens (tertiary/aromatic N) is 2. The maximum absolute atomic E-state index is 14.2. The van der Waals surface area contributed by atoms with Gasteiger partial charge in [-0.15, -0.1) is 23.2 Å². The lowest BCUT2D eigenvalue weighted by Crippen LogP contribution is -2.53. The highest BCUT2D eigenvalue weighted by atomic mass is 35.5. The van der Waals surface area contributed by atoms with E-state index in [1.165, 1.54) is 5.01 Å². The zero-order valence-corrected chi connectivity index (χ0v) is 22.1. The van der Waals surface area contributed by atoms with Crippen LogP contribution in [0.4, 0.5) is 22.0 Å². The third kappa shape index (κ3) is 8.05. The summed E-state index contributed by atoms with van der Waals surface area (Å²) in [6, 6.07) is -2.55. The van der Waals surface area contributed by atoms with E-state index in [-0.39, 0.29) is 61.3 Å². The smallest absolute Gasteiger partial charge is 0.353 e. The van der Waals surface area contributed by atoms with E-state index >= 15 is 0 Å². The van der Waals surface area contributed by atoms with Gasteiger partial charge in [0.15, 0.2) is 5.96 Å². The first-order valence-corrected chi connectivity index (χ1v) is 14.2. The second-order valence-corrected chi connectivity index (χ2v) is 12.1. The van der Waals surface area contributed by atoms with Crippen molar-refractivity contribution in [3.8, 4) is 0 Å². The molecule has 5 atom stereocenters. The number of alkyl halides is 7. The van der Waals surface area contributed by atoms with Crippen LogP contribution in [0.2, 0.25) is 0 Å². The van der Waals surface area contributed by atoms with Gasteiger partial charge in [-0.05, 0) is 70.6 Å². The van der Waals surface area contributed by atoms with Crippen LogP contribution in [-0.4, -0.2) is 70.4 Å². The molecular formula is C24H36Cl2F5N5O. The van der Waals surface area contributed by atoms with Crippen LogP contribution in [0, 0.1) is 5.92 Å². The van der Waals surface area contributed by atoms with Crippen molar-refractivity contribution in [3.05, 3.63) is 0 Å². The molecule has 1 amide bonds. The molecule has 3 N–H and O–H groups in total. The van der Waals surface area contributed by atoms with Crippen molar-refractivity contribution in [2.45, 2.75) is 131 Å². The first kappa shape index (κ1) is 29.1. The van der Waals surface area contributed by atoms with Gasteiger partial charge in [0.1, 0.15) is 24.6 Å². The number of nitrogens with one attached hydrogen (secondary N) is 3. The molecule has 6 nitrogen and oxygen atoms in total. The highest BCUT2D eigenvalue weighted by Crippen LogP contribution is 2.35. The van der Waals surface area contributed by atoms with Crippen molar-refractivity contribution in [3.63, 3.8) is 0 Å². The minimum atomic E-state index is -4.49. The van der Waals surface area contributed by atoms with Gasteiger partial charge in [0, 0.05) is 35.2 Å². The molecule has 1 heterocycles. The molecule has 0 aromatic rings. The predicted molar refractivity (Wildman–Crippen MR) is 133 cm³/mol. The Balaban J connectivity index is 1.55. The van der Waals surface area contributed by atoms with E-state index in [0.717, 1.165) is 0 Å². The van der Waals surface area contributed by atoms with E-state index < -0.39 is 42.1 Å². The Labute approximate surface area is 224 Å². The third-order valence-corrected chi connectivity index (χ3v) is 8.76. The summed E-state index contributed by atoms with van der Waals surface area (Å²) in [6.07, 6.45) is -3.08. The van der Waals surface area contributed by atoms with Crippen molar-refractivity contribution in [1.82, 2.24) is 21.1 Å². The lowest BCUT2D eigenvalue weighted by molar-refractivity contribution is -0.158. The quantitative estimate of drug-likeness (QED) is 0.189. The van der Waals surface area contributed by atoms with E-state index in [0.29, 0.717) is 44.9 Å². The van der Waals surface area contributed by atoms with Crippen LogP contribution in [0.25, 0.3) is 0 Å². The Morgan fingerprint density at radius 3 is 2.16 bits per heavy atom. The maximum Gasteiger partial charge on any atom is 0.405 e. The van der Waals surface area contributed by atoms with E-state index in [9.17, 15) is 26.7 Å². The molecular weight excluding hydrogens is 540 g/mol. The molecule has 0 bridgehead atoms. The average Bonchev–Trinajstić information content (AvgIpc) is 3.23. The molecule has 4 rings (SSSR count). The highest BCUT2D eigenvalue weighted by molar-refractivity contribution is 6.21. The molecule has 0 aromatic carbocycles. The summed E-state index contributed by atoms with van der Waals surface area (Å²) >= 11 is 12.4. The first-order valence-electron chi connectivity index (χ1n) is 13.3. The number of rotatable bonds is 4. The molecule has 5 unspecified atom stereocenters. The third-order valence-electron chi connectivity index (χ3n) is 7.97. The molecule has 212 valence electrons. The van der Waals surface area contributed by atoms with Crippen LogP contribution in [0.5, 0.6) is 0 Å². The summed E-state index contributed by atoms with van der Waals surface area (Å²) in [5.41, 5.74) is 2.55. The lowest BCUT2D eigenvalue weighted by Gasteiger charge is -2.35. The van der Waals surface area contributed by atoms with Gasteiger partial charge in [-0.25, -0.2) is 24.2 Å². The fraction of sp³-hybridized carbons (Fsp3) is 0.917. The van der Waals surface area contributed by atoms with Crippen LogP contribution in [0.15, 0.2) is 4.99 Å². The van der Waals surface area contributed by atoms with Crippen molar-refractivity contribution in [2.75, 3.05) is 0 Å². The van der Waals surface area contributed by atoms with Crippen LogP contribution < -0.4 is 16.1 Å². The second kappa shape index (κ2) is 12.5. The number of amides is 1. The Bertz CT molecular complexity index is 795. The predicted octanol–water partition coefficient (Wildman–Crippen LogP) is 5.09. The van der Waals surface area contributed by atoms with Crippen molar-refractivity contribution in [1.29, 1.82) is 0 Å². The molecule has 3 saturated carbocycles. The fourth-order valence-corrected chi connectivity index (χ4v) is 6.57. The van der Waals surface area contributed by atoms with Gasteiger partial charge in [0.05, 0.1) is 0 Å². The molecule has 4 fully saturated rings. The molecule has 37 heavy (non-hydrogen) atoms. The highest BCUT2D eigenvalue weighted by Gasteiger charge is 2.49. The summed E-state index contributed by atoms with van der Waals surface area (Å²) in [5, 5.41) is 6.96. The van der Waals surface area contributed by atoms with Crippen molar-refractivity contribution in [2.24, 2.45) is 10.9 Å². The number of aliphatic imine (C=N–C) groups is 1. The van der Waals surface area contributed by atoms with Crippen LogP contribution in [-0.2, 0) is 4.79 Å². The molecule has 0 spiro atoms. The molecule has 0 radical (unpaired) electrons. The van der Waals surface area contributed by atoms with Gasteiger partial charge in [-0.1, -0.05) is 0 Å². The molecule has 13 heteroatoms. The standard InChI is InChI=1S/C24H36Cl2F5N5O/c25-14-3-1-13(2-4-14)22(37)34-23(32-18-10-15(26)9-17(28)11-18)33-21-12-20(24(29,30)31)35-36(21)19-7-5-16(27)6-8-19/h13-21,35H,1-12H2,(H2,32,33,34,37). The first-order chi connectivity index (χ1) is 17.5. The Hall–Kier alpha value is -0.910. The van der Waals surface area contributed by atoms with E-state index in [1.807, 2.05) is 0 Å². The number of hydrogen-bond acceptors (Lipinski definition) is 4. The monoisotopic (exact) mass is 575 g/mol. The topological polar surface area (TPSA) is 68.8 Å². The zero-order valence-electron chi connectivity index (χ0n) is 20.6. The minimum Gasteiger partial charge on any atom is -0.353 e. The second-order valence-electron chi connectivity index (χ2n) is 10.9. The normalized spacial score (nSPS) is 40.4. The van der Waals surface area contributed by atoms with Gasteiger partial charge >= 0.3 is 6.18 Å². The molecule has 1 aliphatic heterocycles. The van der Waals surface area contributed by atoms with Crippen molar-refractivity contribution >= 4 is 35.1 Å². The number of hydrazine groups is 1. The van der Waals surface area contributed by atoms with E-state index in [2.05, 4.69) is 21.1 Å². The SMILES string of the molecule is O=C(N/C(=N/C1CC(C(F)(F)F)NN1C1CCC(F)CC1)NC1CC(F)CC(Cl)C1)C1CCC(Cl)CC1. The van der Waals surface area contributed by atoms with Crippen molar-refractivity contribution < 1.29 is 26.7 Å². The van der Waals surface area contributed by atoms with Gasteiger partial charge in [0.2, 0.25) is 5.91 Å². The van der Waals surface area contributed by atoms with E-state index in [4.69, 9.17) is 23.2 Å². The lowest BCUT2D eigenvalue weighted by atomic mass is 9.88.